The van der Waals surface area contributed by atoms with Crippen LogP contribution in [-0.2, 0) is 16.1 Å². The van der Waals surface area contributed by atoms with Crippen molar-refractivity contribution in [3.63, 3.8) is 0 Å². The van der Waals surface area contributed by atoms with Gasteiger partial charge in [-0.15, -0.1) is 0 Å². The first kappa shape index (κ1) is 20.8. The number of hydrogen-bond donors (Lipinski definition) is 1. The average Bonchev–Trinajstić information content (AvgIpc) is 2.73. The Kier molecular flexibility index (Phi) is 7.09. The summed E-state index contributed by atoms with van der Waals surface area (Å²) >= 11 is 1.36. The summed E-state index contributed by atoms with van der Waals surface area (Å²) in [4.78, 5) is 34.0. The first-order valence-electron chi connectivity index (χ1n) is 9.82. The summed E-state index contributed by atoms with van der Waals surface area (Å²) < 4.78 is 6.79. The SMILES string of the molecule is CC[NH+]1CCN(C(=O)[C@H](C)Sc2nc3ccccc3c(=O)n2CCOC)CC1. The van der Waals surface area contributed by atoms with Crippen molar-refractivity contribution in [2.24, 2.45) is 0 Å². The number of hydrogen-bond acceptors (Lipinski definition) is 5. The predicted molar refractivity (Wildman–Crippen MR) is 111 cm³/mol. The summed E-state index contributed by atoms with van der Waals surface area (Å²) in [5.41, 5.74) is 0.563. The molecule has 1 aliphatic rings. The van der Waals surface area contributed by atoms with Gasteiger partial charge in [0, 0.05) is 7.11 Å². The van der Waals surface area contributed by atoms with E-state index in [0.717, 1.165) is 32.7 Å². The Morgan fingerprint density at radius 1 is 1.32 bits per heavy atom. The van der Waals surface area contributed by atoms with Gasteiger partial charge < -0.3 is 14.5 Å². The number of quaternary nitrogens is 1. The molecule has 7 nitrogen and oxygen atoms in total. The summed E-state index contributed by atoms with van der Waals surface area (Å²) in [7, 11) is 1.61. The summed E-state index contributed by atoms with van der Waals surface area (Å²) in [5, 5.41) is 0.852. The highest BCUT2D eigenvalue weighted by Crippen LogP contribution is 2.24. The smallest absolute Gasteiger partial charge is 0.262 e. The van der Waals surface area contributed by atoms with E-state index in [2.05, 4.69) is 11.9 Å². The second kappa shape index (κ2) is 9.54. The van der Waals surface area contributed by atoms with Crippen LogP contribution in [0.2, 0.25) is 0 Å². The van der Waals surface area contributed by atoms with Crippen LogP contribution in [0.15, 0.2) is 34.2 Å². The molecule has 152 valence electrons. The zero-order valence-corrected chi connectivity index (χ0v) is 17.6. The van der Waals surface area contributed by atoms with E-state index in [1.54, 1.807) is 17.7 Å². The van der Waals surface area contributed by atoms with Crippen molar-refractivity contribution in [2.75, 3.05) is 46.4 Å². The minimum absolute atomic E-state index is 0.0926. The maximum atomic E-state index is 12.9. The number of amides is 1. The topological polar surface area (TPSA) is 68.9 Å². The summed E-state index contributed by atoms with van der Waals surface area (Å²) in [5.74, 6) is 0.112. The molecular weight excluding hydrogens is 376 g/mol. The van der Waals surface area contributed by atoms with Crippen LogP contribution in [-0.4, -0.2) is 72.0 Å². The van der Waals surface area contributed by atoms with E-state index in [-0.39, 0.29) is 16.7 Å². The largest absolute Gasteiger partial charge is 0.383 e. The highest BCUT2D eigenvalue weighted by molar-refractivity contribution is 8.00. The molecule has 1 atom stereocenters. The molecule has 1 amide bonds. The first-order chi connectivity index (χ1) is 13.5. The summed E-state index contributed by atoms with van der Waals surface area (Å²) in [6.07, 6.45) is 0. The monoisotopic (exact) mass is 405 g/mol. The number of para-hydroxylation sites is 1. The molecular formula is C20H29N4O3S+. The maximum Gasteiger partial charge on any atom is 0.262 e. The van der Waals surface area contributed by atoms with Gasteiger partial charge in [0.1, 0.15) is 0 Å². The molecule has 0 spiro atoms. The van der Waals surface area contributed by atoms with Gasteiger partial charge in [0.15, 0.2) is 5.16 Å². The van der Waals surface area contributed by atoms with Gasteiger partial charge in [-0.25, -0.2) is 4.98 Å². The Hall–Kier alpha value is -1.90. The number of piperazine rings is 1. The van der Waals surface area contributed by atoms with E-state index >= 15 is 0 Å². The number of ether oxygens (including phenoxy) is 1. The number of carbonyl (C=O) groups excluding carboxylic acids is 1. The number of carbonyl (C=O) groups is 1. The van der Waals surface area contributed by atoms with Crippen LogP contribution in [0.3, 0.4) is 0 Å². The molecule has 1 aromatic carbocycles. The summed E-state index contributed by atoms with van der Waals surface area (Å²) in [6.45, 7) is 9.55. The summed E-state index contributed by atoms with van der Waals surface area (Å²) in [6, 6.07) is 7.32. The lowest BCUT2D eigenvalue weighted by Gasteiger charge is -2.33. The molecule has 28 heavy (non-hydrogen) atoms. The van der Waals surface area contributed by atoms with Crippen molar-refractivity contribution < 1.29 is 14.4 Å². The van der Waals surface area contributed by atoms with Gasteiger partial charge in [-0.1, -0.05) is 23.9 Å². The van der Waals surface area contributed by atoms with Crippen molar-refractivity contribution >= 4 is 28.6 Å². The van der Waals surface area contributed by atoms with Gasteiger partial charge in [-0.2, -0.15) is 0 Å². The van der Waals surface area contributed by atoms with Crippen LogP contribution in [0.5, 0.6) is 0 Å². The van der Waals surface area contributed by atoms with Crippen molar-refractivity contribution in [3.8, 4) is 0 Å². The van der Waals surface area contributed by atoms with E-state index in [1.165, 1.54) is 16.7 Å². The number of aromatic nitrogens is 2. The van der Waals surface area contributed by atoms with Gasteiger partial charge in [0.2, 0.25) is 5.91 Å². The molecule has 8 heteroatoms. The van der Waals surface area contributed by atoms with Crippen LogP contribution in [0.4, 0.5) is 0 Å². The van der Waals surface area contributed by atoms with Crippen LogP contribution >= 0.6 is 11.8 Å². The van der Waals surface area contributed by atoms with E-state index in [1.807, 2.05) is 30.0 Å². The number of rotatable bonds is 7. The van der Waals surface area contributed by atoms with E-state index in [0.29, 0.717) is 29.2 Å². The normalized spacial score (nSPS) is 16.5. The Morgan fingerprint density at radius 2 is 2.04 bits per heavy atom. The molecule has 1 aliphatic heterocycles. The first-order valence-corrected chi connectivity index (χ1v) is 10.7. The van der Waals surface area contributed by atoms with E-state index < -0.39 is 0 Å². The number of benzene rings is 1. The second-order valence-electron chi connectivity index (χ2n) is 7.05. The predicted octanol–water partition coefficient (Wildman–Crippen LogP) is 0.271. The Morgan fingerprint density at radius 3 is 2.71 bits per heavy atom. The van der Waals surface area contributed by atoms with Crippen molar-refractivity contribution in [1.82, 2.24) is 14.5 Å². The molecule has 2 heterocycles. The lowest BCUT2D eigenvalue weighted by atomic mass is 10.2. The van der Waals surface area contributed by atoms with Crippen molar-refractivity contribution in [2.45, 2.75) is 30.8 Å². The standard InChI is InChI=1S/C20H28N4O3S/c1-4-22-9-11-23(12-10-22)18(25)15(2)28-20-21-17-8-6-5-7-16(17)19(26)24(20)13-14-27-3/h5-8,15H,4,9-14H2,1-3H3/p+1/t15-/m0/s1. The average molecular weight is 406 g/mol. The minimum atomic E-state index is -0.301. The number of likely N-dealkylation sites (N-methyl/N-ethyl adjacent to an activating group) is 1. The number of thioether (sulfide) groups is 1. The van der Waals surface area contributed by atoms with Gasteiger partial charge >= 0.3 is 0 Å². The van der Waals surface area contributed by atoms with Gasteiger partial charge in [-0.3, -0.25) is 14.2 Å². The fraction of sp³-hybridized carbons (Fsp3) is 0.550. The third kappa shape index (κ3) is 4.56. The quantitative estimate of drug-likeness (QED) is 0.529. The van der Waals surface area contributed by atoms with E-state index in [4.69, 9.17) is 4.74 Å². The number of fused-ring (bicyclic) bond motifs is 1. The minimum Gasteiger partial charge on any atom is -0.383 e. The zero-order valence-electron chi connectivity index (χ0n) is 16.8. The Balaban J connectivity index is 1.82. The zero-order chi connectivity index (χ0) is 20.1. The van der Waals surface area contributed by atoms with Gasteiger partial charge in [0.05, 0.1) is 62.0 Å². The molecule has 0 bridgehead atoms. The highest BCUT2D eigenvalue weighted by Gasteiger charge is 2.28. The lowest BCUT2D eigenvalue weighted by molar-refractivity contribution is -0.902. The second-order valence-corrected chi connectivity index (χ2v) is 8.36. The molecule has 1 fully saturated rings. The van der Waals surface area contributed by atoms with Gasteiger partial charge in [-0.05, 0) is 26.0 Å². The maximum absolute atomic E-state index is 12.9. The third-order valence-electron chi connectivity index (χ3n) is 5.26. The van der Waals surface area contributed by atoms with Crippen LogP contribution in [0, 0.1) is 0 Å². The Bertz CT molecular complexity index is 877. The van der Waals surface area contributed by atoms with Gasteiger partial charge in [0.25, 0.3) is 5.56 Å². The third-order valence-corrected chi connectivity index (χ3v) is 6.34. The van der Waals surface area contributed by atoms with Crippen molar-refractivity contribution in [1.29, 1.82) is 0 Å². The molecule has 1 aromatic heterocycles. The molecule has 1 saturated heterocycles. The fourth-order valence-electron chi connectivity index (χ4n) is 3.48. The molecule has 0 unspecified atom stereocenters. The fourth-order valence-corrected chi connectivity index (χ4v) is 4.50. The number of methoxy groups -OCH3 is 1. The van der Waals surface area contributed by atoms with Crippen LogP contribution in [0.1, 0.15) is 13.8 Å². The molecule has 1 N–H and O–H groups in total. The number of nitrogens with zero attached hydrogens (tertiary/aromatic N) is 3. The van der Waals surface area contributed by atoms with Crippen LogP contribution in [0.25, 0.3) is 10.9 Å². The molecule has 0 saturated carbocycles. The van der Waals surface area contributed by atoms with Crippen LogP contribution < -0.4 is 10.5 Å². The molecule has 0 aliphatic carbocycles. The lowest BCUT2D eigenvalue weighted by Crippen LogP contribution is -3.14. The number of nitrogens with one attached hydrogen (secondary N) is 1. The Labute approximate surface area is 169 Å². The van der Waals surface area contributed by atoms with Crippen molar-refractivity contribution in [3.05, 3.63) is 34.6 Å². The highest BCUT2D eigenvalue weighted by atomic mass is 32.2. The molecule has 2 aromatic rings. The van der Waals surface area contributed by atoms with E-state index in [9.17, 15) is 9.59 Å². The molecule has 3 rings (SSSR count). The molecule has 0 radical (unpaired) electrons.